The first-order chi connectivity index (χ1) is 20.3. The molecule has 2 aromatic heterocycles. The maximum absolute atomic E-state index is 13.6. The Morgan fingerprint density at radius 3 is 1.52 bits per heavy atom. The van der Waals surface area contributed by atoms with Crippen LogP contribution in [0.15, 0.2) is 133 Å². The molecule has 7 aromatic rings. The van der Waals surface area contributed by atoms with Crippen LogP contribution in [0, 0.1) is 13.0 Å². The summed E-state index contributed by atoms with van der Waals surface area (Å²) in [6, 6.07) is 27.8. The molecule has 10 heteroatoms. The Morgan fingerprint density at radius 1 is 0.571 bits per heavy atom. The fraction of sp³-hybridized carbons (Fsp3) is 0. The molecule has 0 amide bonds. The van der Waals surface area contributed by atoms with E-state index < -0.39 is 36.2 Å². The van der Waals surface area contributed by atoms with Crippen molar-refractivity contribution in [2.24, 2.45) is 0 Å². The standard InChI is InChI=1S/C32H18FIO7S/c33-19-9-13-22(14-10-19)42(37,38)41-34(20-11-15-29-25(17-20)31(35)23-5-1-3-7-27(23)39-29)21-12-16-30-26(18-21)32(36)24-6-2-4-8-28(24)40-30/h1-18H. The fourth-order valence-corrected chi connectivity index (χ4v) is 11.7. The fourth-order valence-electron chi connectivity index (χ4n) is 4.68. The molecule has 0 aliphatic rings. The van der Waals surface area contributed by atoms with Gasteiger partial charge in [0.25, 0.3) is 0 Å². The Bertz CT molecular complexity index is 2280. The van der Waals surface area contributed by atoms with Crippen molar-refractivity contribution < 1.29 is 24.2 Å². The summed E-state index contributed by atoms with van der Waals surface area (Å²) in [6.07, 6.45) is 0. The Morgan fingerprint density at radius 2 is 1.02 bits per heavy atom. The number of benzene rings is 5. The zero-order valence-corrected chi connectivity index (χ0v) is 24.4. The van der Waals surface area contributed by atoms with E-state index in [1.807, 2.05) is 0 Å². The summed E-state index contributed by atoms with van der Waals surface area (Å²) in [5.74, 6) is -0.591. The first-order valence-corrected chi connectivity index (χ1v) is 17.0. The van der Waals surface area contributed by atoms with Gasteiger partial charge in [0, 0.05) is 0 Å². The van der Waals surface area contributed by atoms with Crippen LogP contribution in [-0.4, -0.2) is 8.42 Å². The van der Waals surface area contributed by atoms with Gasteiger partial charge in [-0.15, -0.1) is 0 Å². The Kier molecular flexibility index (Phi) is 6.41. The first kappa shape index (κ1) is 26.5. The number of para-hydroxylation sites is 2. The topological polar surface area (TPSA) is 104 Å². The summed E-state index contributed by atoms with van der Waals surface area (Å²) >= 11 is -3.42. The van der Waals surface area contributed by atoms with Gasteiger partial charge in [0.05, 0.1) is 0 Å². The van der Waals surface area contributed by atoms with Crippen molar-refractivity contribution in [1.29, 1.82) is 0 Å². The van der Waals surface area contributed by atoms with Crippen molar-refractivity contribution >= 4 is 74.2 Å². The summed E-state index contributed by atoms with van der Waals surface area (Å²) in [6.45, 7) is 0. The van der Waals surface area contributed by atoms with E-state index in [4.69, 9.17) is 11.3 Å². The van der Waals surface area contributed by atoms with E-state index >= 15 is 0 Å². The molecule has 0 unspecified atom stereocenters. The second-order valence-electron chi connectivity index (χ2n) is 9.36. The summed E-state index contributed by atoms with van der Waals surface area (Å²) in [7, 11) is -4.37. The van der Waals surface area contributed by atoms with E-state index in [0.717, 1.165) is 24.3 Å². The predicted octanol–water partition coefficient (Wildman–Crippen LogP) is 7.21. The van der Waals surface area contributed by atoms with Gasteiger partial charge in [-0.2, -0.15) is 0 Å². The van der Waals surface area contributed by atoms with Gasteiger partial charge in [0.15, 0.2) is 0 Å². The number of hydrogen-bond acceptors (Lipinski definition) is 7. The van der Waals surface area contributed by atoms with Gasteiger partial charge in [-0.25, -0.2) is 0 Å². The summed E-state index contributed by atoms with van der Waals surface area (Å²) in [4.78, 5) is 26.6. The van der Waals surface area contributed by atoms with Gasteiger partial charge in [0.1, 0.15) is 0 Å². The van der Waals surface area contributed by atoms with Crippen LogP contribution in [-0.2, 0) is 12.6 Å². The van der Waals surface area contributed by atoms with Crippen LogP contribution in [0.25, 0.3) is 43.9 Å². The summed E-state index contributed by atoms with van der Waals surface area (Å²) in [5, 5.41) is 1.31. The Labute approximate surface area is 244 Å². The number of rotatable bonds is 5. The quantitative estimate of drug-likeness (QED) is 0.139. The SMILES string of the molecule is O=c1c2ccccc2oc2ccc(I(OS(=O)(=O)c3ccc(F)cc3)c3ccc4oc5ccccc5c(=O)c4c3)cc12. The molecule has 0 N–H and O–H groups in total. The van der Waals surface area contributed by atoms with Crippen molar-refractivity contribution in [2.45, 2.75) is 4.90 Å². The minimum absolute atomic E-state index is 0.219. The third-order valence-corrected chi connectivity index (χ3v) is 14.0. The molecule has 0 aliphatic carbocycles. The zero-order chi connectivity index (χ0) is 29.0. The van der Waals surface area contributed by atoms with Crippen molar-refractivity contribution in [3.8, 4) is 0 Å². The summed E-state index contributed by atoms with van der Waals surface area (Å²) in [5.41, 5.74) is 1.01. The Hall–Kier alpha value is -4.39. The van der Waals surface area contributed by atoms with Gasteiger partial charge in [0.2, 0.25) is 0 Å². The molecule has 7 rings (SSSR count). The van der Waals surface area contributed by atoms with E-state index in [0.29, 0.717) is 40.2 Å². The van der Waals surface area contributed by atoms with E-state index in [-0.39, 0.29) is 26.5 Å². The average Bonchev–Trinajstić information content (AvgIpc) is 3.00. The molecule has 0 spiro atoms. The molecule has 2 heterocycles. The molecule has 42 heavy (non-hydrogen) atoms. The molecule has 0 saturated carbocycles. The molecular formula is C32H18FIO7S. The van der Waals surface area contributed by atoms with Crippen molar-refractivity contribution in [3.63, 3.8) is 0 Å². The van der Waals surface area contributed by atoms with E-state index in [2.05, 4.69) is 0 Å². The zero-order valence-electron chi connectivity index (χ0n) is 21.4. The normalized spacial score (nSPS) is 12.4. The number of halogens is 2. The number of fused-ring (bicyclic) bond motifs is 4. The third kappa shape index (κ3) is 4.57. The van der Waals surface area contributed by atoms with Crippen molar-refractivity contribution in [3.05, 3.63) is 143 Å². The molecule has 0 fully saturated rings. The second-order valence-corrected chi connectivity index (χ2v) is 15.9. The van der Waals surface area contributed by atoms with Crippen LogP contribution in [0.5, 0.6) is 0 Å². The van der Waals surface area contributed by atoms with Crippen LogP contribution in [0.2, 0.25) is 0 Å². The molecule has 0 radical (unpaired) electrons. The minimum atomic E-state index is -4.37. The second kappa shape index (κ2) is 10.2. The first-order valence-electron chi connectivity index (χ1n) is 12.6. The van der Waals surface area contributed by atoms with Gasteiger partial charge in [-0.3, -0.25) is 0 Å². The van der Waals surface area contributed by atoms with Gasteiger partial charge in [-0.1, -0.05) is 0 Å². The maximum atomic E-state index is 13.6. The van der Waals surface area contributed by atoms with Gasteiger partial charge >= 0.3 is 246 Å². The van der Waals surface area contributed by atoms with Crippen LogP contribution in [0.3, 0.4) is 0 Å². The van der Waals surface area contributed by atoms with Crippen LogP contribution < -0.4 is 10.9 Å². The molecule has 7 nitrogen and oxygen atoms in total. The van der Waals surface area contributed by atoms with Crippen molar-refractivity contribution in [1.82, 2.24) is 0 Å². The molecule has 5 aromatic carbocycles. The average molecular weight is 692 g/mol. The molecule has 0 aliphatic heterocycles. The third-order valence-electron chi connectivity index (χ3n) is 6.72. The summed E-state index contributed by atoms with van der Waals surface area (Å²) < 4.78 is 59.2. The van der Waals surface area contributed by atoms with Crippen LogP contribution in [0.1, 0.15) is 0 Å². The molecular weight excluding hydrogens is 674 g/mol. The number of hydrogen-bond donors (Lipinski definition) is 0. The van der Waals surface area contributed by atoms with Gasteiger partial charge in [-0.05, 0) is 0 Å². The molecule has 0 atom stereocenters. The van der Waals surface area contributed by atoms with Crippen molar-refractivity contribution in [2.75, 3.05) is 0 Å². The van der Waals surface area contributed by atoms with E-state index in [9.17, 15) is 22.4 Å². The molecule has 208 valence electrons. The molecule has 0 saturated heterocycles. The Balaban J connectivity index is 1.44. The van der Waals surface area contributed by atoms with Crippen LogP contribution in [0.4, 0.5) is 4.39 Å². The van der Waals surface area contributed by atoms with E-state index in [1.165, 1.54) is 0 Å². The monoisotopic (exact) mass is 692 g/mol. The predicted molar refractivity (Wildman–Crippen MR) is 166 cm³/mol. The van der Waals surface area contributed by atoms with Gasteiger partial charge < -0.3 is 0 Å². The van der Waals surface area contributed by atoms with E-state index in [1.54, 1.807) is 84.9 Å². The van der Waals surface area contributed by atoms with Crippen LogP contribution >= 0.6 is 20.2 Å². The molecule has 0 bridgehead atoms.